The van der Waals surface area contributed by atoms with Crippen molar-refractivity contribution in [1.29, 1.82) is 0 Å². The van der Waals surface area contributed by atoms with Crippen LogP contribution in [0.15, 0.2) is 48.5 Å². The lowest BCUT2D eigenvalue weighted by Gasteiger charge is -2.14. The van der Waals surface area contributed by atoms with Crippen LogP contribution in [0.3, 0.4) is 0 Å². The number of para-hydroxylation sites is 1. The number of nitrogens with two attached hydrogens (primary N) is 1. The van der Waals surface area contributed by atoms with Gasteiger partial charge in [0.1, 0.15) is 5.75 Å². The predicted molar refractivity (Wildman–Crippen MR) is 99.4 cm³/mol. The van der Waals surface area contributed by atoms with E-state index in [1.165, 1.54) is 0 Å². The molecule has 0 aliphatic heterocycles. The lowest BCUT2D eigenvalue weighted by molar-refractivity contribution is -0.121. The summed E-state index contributed by atoms with van der Waals surface area (Å²) >= 11 is 0. The molecule has 0 radical (unpaired) electrons. The molecule has 4 N–H and O–H groups in total. The number of aliphatic hydroxyl groups excluding tert-OH is 1. The number of rotatable bonds is 8. The molecule has 1 atom stereocenters. The van der Waals surface area contributed by atoms with E-state index in [2.05, 4.69) is 5.32 Å². The van der Waals surface area contributed by atoms with Crippen molar-refractivity contribution >= 4 is 11.6 Å². The van der Waals surface area contributed by atoms with Gasteiger partial charge in [0.2, 0.25) is 5.91 Å². The molecule has 5 heteroatoms. The van der Waals surface area contributed by atoms with Crippen LogP contribution in [0, 0.1) is 0 Å². The first kappa shape index (κ1) is 18.8. The van der Waals surface area contributed by atoms with E-state index in [0.29, 0.717) is 18.5 Å². The molecule has 1 unspecified atom stereocenters. The number of hydrogen-bond acceptors (Lipinski definition) is 4. The van der Waals surface area contributed by atoms with Gasteiger partial charge in [0.25, 0.3) is 0 Å². The Balaban J connectivity index is 1.78. The van der Waals surface area contributed by atoms with Crippen molar-refractivity contribution in [1.82, 2.24) is 5.32 Å². The fraction of sp³-hybridized carbons (Fsp3) is 0.350. The molecule has 0 saturated heterocycles. The van der Waals surface area contributed by atoms with Crippen LogP contribution in [0.1, 0.15) is 37.5 Å². The molecule has 5 nitrogen and oxygen atoms in total. The molecule has 0 fully saturated rings. The third kappa shape index (κ3) is 6.12. The quantitative estimate of drug-likeness (QED) is 0.644. The summed E-state index contributed by atoms with van der Waals surface area (Å²) in [5.41, 5.74) is 8.26. The number of hydrogen-bond donors (Lipinski definition) is 3. The molecule has 0 aromatic heterocycles. The van der Waals surface area contributed by atoms with Gasteiger partial charge in [-0.2, -0.15) is 0 Å². The average Bonchev–Trinajstić information content (AvgIpc) is 2.59. The van der Waals surface area contributed by atoms with Crippen LogP contribution >= 0.6 is 0 Å². The standard InChI is InChI=1S/C20H26N2O3/c1-14(2)25-17-10-7-16(8-11-17)19(23)13-22-20(24)12-9-15-5-3-4-6-18(15)21/h3-8,10-11,14,19,23H,9,12-13,21H2,1-2H3,(H,22,24). The van der Waals surface area contributed by atoms with E-state index in [9.17, 15) is 9.90 Å². The number of aryl methyl sites for hydroxylation is 1. The van der Waals surface area contributed by atoms with Crippen molar-refractivity contribution in [2.75, 3.05) is 12.3 Å². The fourth-order valence-corrected chi connectivity index (χ4v) is 2.47. The zero-order valence-corrected chi connectivity index (χ0v) is 14.7. The van der Waals surface area contributed by atoms with Gasteiger partial charge in [-0.3, -0.25) is 4.79 Å². The Labute approximate surface area is 148 Å². The number of nitrogens with one attached hydrogen (secondary N) is 1. The highest BCUT2D eigenvalue weighted by Gasteiger charge is 2.10. The highest BCUT2D eigenvalue weighted by atomic mass is 16.5. The lowest BCUT2D eigenvalue weighted by atomic mass is 10.1. The predicted octanol–water partition coefficient (Wildman–Crippen LogP) is 2.84. The largest absolute Gasteiger partial charge is 0.491 e. The summed E-state index contributed by atoms with van der Waals surface area (Å²) in [6.07, 6.45) is 0.269. The number of benzene rings is 2. The summed E-state index contributed by atoms with van der Waals surface area (Å²) in [6, 6.07) is 14.8. The summed E-state index contributed by atoms with van der Waals surface area (Å²) in [6.45, 7) is 4.09. The Bertz CT molecular complexity index is 684. The smallest absolute Gasteiger partial charge is 0.220 e. The van der Waals surface area contributed by atoms with Crippen LogP contribution in [-0.4, -0.2) is 23.7 Å². The summed E-state index contributed by atoms with van der Waals surface area (Å²) in [5.74, 6) is 0.650. The van der Waals surface area contributed by atoms with E-state index < -0.39 is 6.10 Å². The zero-order valence-electron chi connectivity index (χ0n) is 14.7. The van der Waals surface area contributed by atoms with E-state index in [4.69, 9.17) is 10.5 Å². The monoisotopic (exact) mass is 342 g/mol. The first-order chi connectivity index (χ1) is 12.0. The maximum absolute atomic E-state index is 12.0. The topological polar surface area (TPSA) is 84.6 Å². The Hall–Kier alpha value is -2.53. The van der Waals surface area contributed by atoms with Crippen molar-refractivity contribution < 1.29 is 14.6 Å². The highest BCUT2D eigenvalue weighted by molar-refractivity contribution is 5.76. The van der Waals surface area contributed by atoms with Gasteiger partial charge in [0.15, 0.2) is 0 Å². The minimum atomic E-state index is -0.751. The first-order valence-electron chi connectivity index (χ1n) is 8.50. The number of anilines is 1. The molecule has 0 heterocycles. The van der Waals surface area contributed by atoms with E-state index in [0.717, 1.165) is 16.9 Å². The number of aliphatic hydroxyl groups is 1. The molecule has 0 saturated carbocycles. The van der Waals surface area contributed by atoms with E-state index in [1.807, 2.05) is 50.2 Å². The number of amides is 1. The number of carbonyl (C=O) groups excluding carboxylic acids is 1. The molecule has 0 bridgehead atoms. The van der Waals surface area contributed by atoms with Crippen molar-refractivity contribution in [2.24, 2.45) is 0 Å². The maximum atomic E-state index is 12.0. The Morgan fingerprint density at radius 1 is 1.16 bits per heavy atom. The Morgan fingerprint density at radius 3 is 2.48 bits per heavy atom. The summed E-state index contributed by atoms with van der Waals surface area (Å²) in [4.78, 5) is 12.0. The third-order valence-electron chi connectivity index (χ3n) is 3.81. The molecule has 134 valence electrons. The third-order valence-corrected chi connectivity index (χ3v) is 3.81. The second kappa shape index (κ2) is 9.08. The van der Waals surface area contributed by atoms with Crippen LogP contribution in [0.5, 0.6) is 5.75 Å². The van der Waals surface area contributed by atoms with Crippen LogP contribution < -0.4 is 15.8 Å². The van der Waals surface area contributed by atoms with Crippen molar-refractivity contribution in [3.05, 3.63) is 59.7 Å². The molecular formula is C20H26N2O3. The SMILES string of the molecule is CC(C)Oc1ccc(C(O)CNC(=O)CCc2ccccc2N)cc1. The second-order valence-corrected chi connectivity index (χ2v) is 6.25. The lowest BCUT2D eigenvalue weighted by Crippen LogP contribution is -2.28. The number of nitrogen functional groups attached to an aromatic ring is 1. The Morgan fingerprint density at radius 2 is 1.84 bits per heavy atom. The van der Waals surface area contributed by atoms with Crippen LogP contribution in [0.25, 0.3) is 0 Å². The molecule has 0 spiro atoms. The molecule has 0 aliphatic carbocycles. The van der Waals surface area contributed by atoms with Gasteiger partial charge in [-0.25, -0.2) is 0 Å². The average molecular weight is 342 g/mol. The molecule has 0 aliphatic rings. The molecule has 2 aromatic carbocycles. The molecule has 1 amide bonds. The van der Waals surface area contributed by atoms with Gasteiger partial charge in [-0.1, -0.05) is 30.3 Å². The van der Waals surface area contributed by atoms with Crippen LogP contribution in [-0.2, 0) is 11.2 Å². The van der Waals surface area contributed by atoms with Gasteiger partial charge in [0.05, 0.1) is 12.2 Å². The maximum Gasteiger partial charge on any atom is 0.220 e. The summed E-state index contributed by atoms with van der Waals surface area (Å²) in [7, 11) is 0. The zero-order chi connectivity index (χ0) is 18.2. The summed E-state index contributed by atoms with van der Waals surface area (Å²) < 4.78 is 5.57. The van der Waals surface area contributed by atoms with E-state index >= 15 is 0 Å². The van der Waals surface area contributed by atoms with E-state index in [1.54, 1.807) is 12.1 Å². The normalized spacial score (nSPS) is 12.0. The van der Waals surface area contributed by atoms with Gasteiger partial charge in [-0.05, 0) is 49.6 Å². The Kier molecular flexibility index (Phi) is 6.83. The van der Waals surface area contributed by atoms with E-state index in [-0.39, 0.29) is 18.6 Å². The minimum Gasteiger partial charge on any atom is -0.491 e. The molecule has 2 aromatic rings. The van der Waals surface area contributed by atoms with Crippen molar-refractivity contribution in [3.63, 3.8) is 0 Å². The van der Waals surface area contributed by atoms with Gasteiger partial charge < -0.3 is 20.9 Å². The van der Waals surface area contributed by atoms with Gasteiger partial charge >= 0.3 is 0 Å². The van der Waals surface area contributed by atoms with Gasteiger partial charge in [0, 0.05) is 18.7 Å². The minimum absolute atomic E-state index is 0.105. The highest BCUT2D eigenvalue weighted by Crippen LogP contribution is 2.18. The molecular weight excluding hydrogens is 316 g/mol. The van der Waals surface area contributed by atoms with Crippen molar-refractivity contribution in [2.45, 2.75) is 38.9 Å². The fourth-order valence-electron chi connectivity index (χ4n) is 2.47. The number of ether oxygens (including phenoxy) is 1. The van der Waals surface area contributed by atoms with Crippen molar-refractivity contribution in [3.8, 4) is 5.75 Å². The van der Waals surface area contributed by atoms with Crippen LogP contribution in [0.2, 0.25) is 0 Å². The summed E-state index contributed by atoms with van der Waals surface area (Å²) in [5, 5.41) is 13.0. The van der Waals surface area contributed by atoms with Gasteiger partial charge in [-0.15, -0.1) is 0 Å². The van der Waals surface area contributed by atoms with Crippen LogP contribution in [0.4, 0.5) is 5.69 Å². The molecule has 2 rings (SSSR count). The number of carbonyl (C=O) groups is 1. The second-order valence-electron chi connectivity index (χ2n) is 6.25. The molecule has 25 heavy (non-hydrogen) atoms. The first-order valence-corrected chi connectivity index (χ1v) is 8.50.